The maximum absolute atomic E-state index is 5.33. The fourth-order valence-electron chi connectivity index (χ4n) is 2.38. The van der Waals surface area contributed by atoms with Gasteiger partial charge in [0.15, 0.2) is 0 Å². The molecule has 3 heteroatoms. The van der Waals surface area contributed by atoms with E-state index in [0.29, 0.717) is 4.64 Å². The molecule has 0 spiro atoms. The number of nitrogens with zero attached hydrogens (tertiary/aromatic N) is 1. The van der Waals surface area contributed by atoms with Crippen LogP contribution in [0.1, 0.15) is 11.1 Å². The fraction of sp³-hybridized carbons (Fsp3) is 0.111. The Labute approximate surface area is 129 Å². The van der Waals surface area contributed by atoms with Crippen LogP contribution in [0.4, 0.5) is 0 Å². The predicted molar refractivity (Wildman–Crippen MR) is 89.8 cm³/mol. The minimum absolute atomic E-state index is 0.600. The minimum atomic E-state index is 0.600. The fourth-order valence-corrected chi connectivity index (χ4v) is 2.59. The van der Waals surface area contributed by atoms with E-state index in [-0.39, 0.29) is 0 Å². The second-order valence-electron chi connectivity index (χ2n) is 5.10. The molecule has 0 radical (unpaired) electrons. The van der Waals surface area contributed by atoms with Crippen LogP contribution in [0.2, 0.25) is 0 Å². The first-order valence-electron chi connectivity index (χ1n) is 6.88. The molecule has 3 aromatic rings. The van der Waals surface area contributed by atoms with Crippen molar-refractivity contribution in [2.75, 3.05) is 0 Å². The van der Waals surface area contributed by atoms with E-state index in [0.717, 1.165) is 17.1 Å². The highest BCUT2D eigenvalue weighted by atomic mass is 32.1. The largest absolute Gasteiger partial charge is 0.339 e. The van der Waals surface area contributed by atoms with Gasteiger partial charge in [0, 0.05) is 11.1 Å². The van der Waals surface area contributed by atoms with Crippen LogP contribution in [0.15, 0.2) is 54.6 Å². The number of aryl methyl sites for hydroxylation is 1. The van der Waals surface area contributed by atoms with Crippen LogP contribution in [0.3, 0.4) is 0 Å². The number of rotatable bonds is 2. The molecule has 0 aliphatic heterocycles. The van der Waals surface area contributed by atoms with Gasteiger partial charge in [-0.05, 0) is 31.0 Å². The van der Waals surface area contributed by atoms with Crippen LogP contribution in [0.25, 0.3) is 22.6 Å². The molecular weight excluding hydrogens is 276 g/mol. The quantitative estimate of drug-likeness (QED) is 0.666. The molecule has 0 amide bonds. The molecular formula is C18H16N2S. The topological polar surface area (TPSA) is 28.7 Å². The smallest absolute Gasteiger partial charge is 0.139 e. The van der Waals surface area contributed by atoms with E-state index in [1.807, 2.05) is 36.4 Å². The highest BCUT2D eigenvalue weighted by molar-refractivity contribution is 7.71. The van der Waals surface area contributed by atoms with Gasteiger partial charge in [-0.15, -0.1) is 0 Å². The normalized spacial score (nSPS) is 10.6. The van der Waals surface area contributed by atoms with E-state index in [1.54, 1.807) is 0 Å². The Bertz CT molecular complexity index is 835. The number of hydrogen-bond acceptors (Lipinski definition) is 2. The molecule has 0 saturated carbocycles. The van der Waals surface area contributed by atoms with Crippen LogP contribution in [0.5, 0.6) is 0 Å². The highest BCUT2D eigenvalue weighted by Crippen LogP contribution is 2.25. The minimum Gasteiger partial charge on any atom is -0.339 e. The highest BCUT2D eigenvalue weighted by Gasteiger charge is 2.07. The first-order valence-corrected chi connectivity index (χ1v) is 7.29. The van der Waals surface area contributed by atoms with Gasteiger partial charge in [-0.2, -0.15) is 0 Å². The van der Waals surface area contributed by atoms with E-state index in [2.05, 4.69) is 42.0 Å². The molecule has 104 valence electrons. The Hall–Kier alpha value is -2.26. The summed E-state index contributed by atoms with van der Waals surface area (Å²) >= 11 is 5.33. The van der Waals surface area contributed by atoms with Crippen molar-refractivity contribution in [3.63, 3.8) is 0 Å². The SMILES string of the molecule is Cc1cccc(-c2cc(=S)nc(-c3ccccc3)[nH]2)c1C. The summed E-state index contributed by atoms with van der Waals surface area (Å²) in [5, 5.41) is 0. The van der Waals surface area contributed by atoms with E-state index in [1.165, 1.54) is 16.7 Å². The molecule has 0 aliphatic carbocycles. The lowest BCUT2D eigenvalue weighted by atomic mass is 10.0. The van der Waals surface area contributed by atoms with Gasteiger partial charge >= 0.3 is 0 Å². The number of H-pyrrole nitrogens is 1. The van der Waals surface area contributed by atoms with Crippen LogP contribution >= 0.6 is 12.2 Å². The maximum atomic E-state index is 5.33. The maximum Gasteiger partial charge on any atom is 0.139 e. The van der Waals surface area contributed by atoms with E-state index in [9.17, 15) is 0 Å². The van der Waals surface area contributed by atoms with Crippen molar-refractivity contribution in [3.8, 4) is 22.6 Å². The van der Waals surface area contributed by atoms with Gasteiger partial charge in [0.25, 0.3) is 0 Å². The van der Waals surface area contributed by atoms with Gasteiger partial charge in [-0.1, -0.05) is 60.7 Å². The summed E-state index contributed by atoms with van der Waals surface area (Å²) in [6.07, 6.45) is 0. The van der Waals surface area contributed by atoms with Crippen LogP contribution in [-0.4, -0.2) is 9.97 Å². The van der Waals surface area contributed by atoms with Crippen molar-refractivity contribution in [1.82, 2.24) is 9.97 Å². The lowest BCUT2D eigenvalue weighted by molar-refractivity contribution is 1.16. The molecule has 0 atom stereocenters. The van der Waals surface area contributed by atoms with Gasteiger partial charge in [0.1, 0.15) is 10.5 Å². The van der Waals surface area contributed by atoms with Crippen molar-refractivity contribution in [3.05, 3.63) is 70.4 Å². The van der Waals surface area contributed by atoms with E-state index < -0.39 is 0 Å². The monoisotopic (exact) mass is 292 g/mol. The van der Waals surface area contributed by atoms with Crippen molar-refractivity contribution >= 4 is 12.2 Å². The zero-order valence-electron chi connectivity index (χ0n) is 12.1. The molecule has 3 rings (SSSR count). The van der Waals surface area contributed by atoms with Gasteiger partial charge in [0.05, 0.1) is 5.69 Å². The Morgan fingerprint density at radius 3 is 2.48 bits per heavy atom. The Kier molecular flexibility index (Phi) is 3.67. The number of aromatic amines is 1. The third-order valence-electron chi connectivity index (χ3n) is 3.68. The van der Waals surface area contributed by atoms with Crippen molar-refractivity contribution in [2.24, 2.45) is 0 Å². The standard InChI is InChI=1S/C18H16N2S/c1-12-7-6-10-15(13(12)2)16-11-17(21)20-18(19-16)14-8-4-3-5-9-14/h3-11H,1-2H3,(H,19,20,21). The number of hydrogen-bond donors (Lipinski definition) is 1. The molecule has 2 nitrogen and oxygen atoms in total. The van der Waals surface area contributed by atoms with Crippen molar-refractivity contribution in [1.29, 1.82) is 0 Å². The molecule has 1 N–H and O–H groups in total. The molecule has 0 saturated heterocycles. The summed E-state index contributed by atoms with van der Waals surface area (Å²) < 4.78 is 0.600. The Morgan fingerprint density at radius 2 is 1.71 bits per heavy atom. The third kappa shape index (κ3) is 2.78. The lowest BCUT2D eigenvalue weighted by Crippen LogP contribution is -1.95. The summed E-state index contributed by atoms with van der Waals surface area (Å²) in [7, 11) is 0. The predicted octanol–water partition coefficient (Wildman–Crippen LogP) is 5.09. The molecule has 21 heavy (non-hydrogen) atoms. The summed E-state index contributed by atoms with van der Waals surface area (Å²) in [6.45, 7) is 4.25. The molecule has 1 aromatic heterocycles. The number of aromatic nitrogens is 2. The van der Waals surface area contributed by atoms with Gasteiger partial charge < -0.3 is 4.98 Å². The Balaban J connectivity index is 2.19. The van der Waals surface area contributed by atoms with Crippen LogP contribution in [0, 0.1) is 18.5 Å². The molecule has 0 fully saturated rings. The molecule has 0 bridgehead atoms. The summed E-state index contributed by atoms with van der Waals surface area (Å²) in [5.41, 5.74) is 5.74. The van der Waals surface area contributed by atoms with Crippen molar-refractivity contribution < 1.29 is 0 Å². The molecule has 2 aromatic carbocycles. The Morgan fingerprint density at radius 1 is 0.952 bits per heavy atom. The molecule has 0 unspecified atom stereocenters. The third-order valence-corrected chi connectivity index (χ3v) is 3.89. The first kappa shape index (κ1) is 13.7. The average molecular weight is 292 g/mol. The molecule has 1 heterocycles. The summed E-state index contributed by atoms with van der Waals surface area (Å²) in [5.74, 6) is 0.805. The number of benzene rings is 2. The van der Waals surface area contributed by atoms with Crippen molar-refractivity contribution in [2.45, 2.75) is 13.8 Å². The second-order valence-corrected chi connectivity index (χ2v) is 5.51. The molecule has 0 aliphatic rings. The van der Waals surface area contributed by atoms with Gasteiger partial charge in [0.2, 0.25) is 0 Å². The van der Waals surface area contributed by atoms with Crippen LogP contribution in [-0.2, 0) is 0 Å². The van der Waals surface area contributed by atoms with E-state index >= 15 is 0 Å². The second kappa shape index (κ2) is 5.62. The lowest BCUT2D eigenvalue weighted by Gasteiger charge is -2.10. The van der Waals surface area contributed by atoms with Gasteiger partial charge in [-0.25, -0.2) is 4.98 Å². The van der Waals surface area contributed by atoms with E-state index in [4.69, 9.17) is 12.2 Å². The average Bonchev–Trinajstić information content (AvgIpc) is 2.50. The van der Waals surface area contributed by atoms with Crippen LogP contribution < -0.4 is 0 Å². The number of nitrogens with one attached hydrogen (secondary N) is 1. The first-order chi connectivity index (χ1) is 10.1. The summed E-state index contributed by atoms with van der Waals surface area (Å²) in [4.78, 5) is 7.85. The zero-order valence-corrected chi connectivity index (χ0v) is 12.9. The zero-order chi connectivity index (χ0) is 14.8. The summed E-state index contributed by atoms with van der Waals surface area (Å²) in [6, 6.07) is 18.3. The van der Waals surface area contributed by atoms with Gasteiger partial charge in [-0.3, -0.25) is 0 Å².